The molecule has 0 amide bonds. The Morgan fingerprint density at radius 3 is 2.95 bits per heavy atom. The Kier molecular flexibility index (Phi) is 2.89. The molecule has 4 nitrogen and oxygen atoms in total. The molecular weight excluding hydrogens is 276 g/mol. The van der Waals surface area contributed by atoms with E-state index in [1.54, 1.807) is 13.1 Å². The van der Waals surface area contributed by atoms with Crippen LogP contribution in [0.5, 0.6) is 0 Å². The van der Waals surface area contributed by atoms with Gasteiger partial charge in [0.2, 0.25) is 0 Å². The number of esters is 1. The maximum absolute atomic E-state index is 12.3. The zero-order chi connectivity index (χ0) is 15.1. The molecule has 0 atom stereocenters. The zero-order valence-corrected chi connectivity index (χ0v) is 12.2. The van der Waals surface area contributed by atoms with Crippen LogP contribution in [0.4, 0.5) is 0 Å². The smallest absolute Gasteiger partial charge is 0.357 e. The van der Waals surface area contributed by atoms with E-state index in [0.29, 0.717) is 18.7 Å². The molecule has 0 bridgehead atoms. The first-order chi connectivity index (χ1) is 10.8. The van der Waals surface area contributed by atoms with Crippen molar-refractivity contribution in [2.24, 2.45) is 0 Å². The highest BCUT2D eigenvalue weighted by Crippen LogP contribution is 2.41. The fourth-order valence-corrected chi connectivity index (χ4v) is 3.07. The predicted molar refractivity (Wildman–Crippen MR) is 83.7 cm³/mol. The van der Waals surface area contributed by atoms with Crippen LogP contribution in [-0.2, 0) is 11.2 Å². The summed E-state index contributed by atoms with van der Waals surface area (Å²) >= 11 is 0. The highest BCUT2D eigenvalue weighted by atomic mass is 16.5. The van der Waals surface area contributed by atoms with Crippen molar-refractivity contribution in [1.82, 2.24) is 9.97 Å². The van der Waals surface area contributed by atoms with Crippen LogP contribution < -0.4 is 0 Å². The monoisotopic (exact) mass is 290 g/mol. The van der Waals surface area contributed by atoms with E-state index in [2.05, 4.69) is 22.1 Å². The third-order valence-electron chi connectivity index (χ3n) is 3.97. The third kappa shape index (κ3) is 1.80. The molecule has 1 aromatic carbocycles. The number of rotatable bonds is 2. The molecule has 0 saturated heterocycles. The summed E-state index contributed by atoms with van der Waals surface area (Å²) < 4.78 is 5.18. The van der Waals surface area contributed by atoms with Gasteiger partial charge in [0.05, 0.1) is 17.6 Å². The van der Waals surface area contributed by atoms with Gasteiger partial charge >= 0.3 is 5.97 Å². The molecule has 4 rings (SSSR count). The summed E-state index contributed by atoms with van der Waals surface area (Å²) in [4.78, 5) is 21.3. The molecule has 0 unspecified atom stereocenters. The molecule has 2 heterocycles. The lowest BCUT2D eigenvalue weighted by molar-refractivity contribution is 0.0519. The maximum atomic E-state index is 12.3. The minimum absolute atomic E-state index is 0.341. The van der Waals surface area contributed by atoms with Crippen LogP contribution in [0, 0.1) is 0 Å². The molecule has 4 heteroatoms. The second-order valence-electron chi connectivity index (χ2n) is 5.24. The van der Waals surface area contributed by atoms with E-state index >= 15 is 0 Å². The Morgan fingerprint density at radius 1 is 1.23 bits per heavy atom. The largest absolute Gasteiger partial charge is 0.461 e. The minimum atomic E-state index is -0.364. The van der Waals surface area contributed by atoms with E-state index in [1.165, 1.54) is 5.56 Å². The highest BCUT2D eigenvalue weighted by Gasteiger charge is 2.28. The van der Waals surface area contributed by atoms with Gasteiger partial charge in [0.1, 0.15) is 0 Å². The van der Waals surface area contributed by atoms with Crippen molar-refractivity contribution >= 4 is 17.0 Å². The number of carbonyl (C=O) groups is 1. The Hall–Kier alpha value is -2.75. The van der Waals surface area contributed by atoms with E-state index in [9.17, 15) is 4.79 Å². The normalized spacial score (nSPS) is 12.0. The average molecular weight is 290 g/mol. The van der Waals surface area contributed by atoms with E-state index in [1.807, 2.05) is 24.3 Å². The van der Waals surface area contributed by atoms with Gasteiger partial charge in [-0.15, -0.1) is 0 Å². The van der Waals surface area contributed by atoms with Gasteiger partial charge in [-0.05, 0) is 35.7 Å². The van der Waals surface area contributed by atoms with Gasteiger partial charge in [-0.3, -0.25) is 4.98 Å². The van der Waals surface area contributed by atoms with Crippen molar-refractivity contribution in [3.05, 3.63) is 59.4 Å². The zero-order valence-electron chi connectivity index (χ0n) is 12.2. The number of ether oxygens (including phenoxy) is 1. The molecule has 22 heavy (non-hydrogen) atoms. The second-order valence-corrected chi connectivity index (χ2v) is 5.24. The topological polar surface area (TPSA) is 52.1 Å². The van der Waals surface area contributed by atoms with Crippen molar-refractivity contribution in [3.8, 4) is 11.1 Å². The van der Waals surface area contributed by atoms with Crippen LogP contribution in [0.1, 0.15) is 28.5 Å². The first-order valence-electron chi connectivity index (χ1n) is 7.32. The number of hydrogen-bond donors (Lipinski definition) is 0. The molecule has 0 radical (unpaired) electrons. The molecule has 108 valence electrons. The van der Waals surface area contributed by atoms with Gasteiger partial charge in [0.15, 0.2) is 5.69 Å². The second kappa shape index (κ2) is 4.91. The van der Waals surface area contributed by atoms with E-state index in [-0.39, 0.29) is 5.97 Å². The molecule has 1 aliphatic carbocycles. The van der Waals surface area contributed by atoms with Crippen molar-refractivity contribution in [3.63, 3.8) is 0 Å². The maximum Gasteiger partial charge on any atom is 0.357 e. The quantitative estimate of drug-likeness (QED) is 0.531. The standard InChI is InChI=1S/C18H14N2O2/c1-2-22-18(21)16-13-10-11-6-3-4-7-12(11)15(13)17-14(20-16)8-5-9-19-17/h3-9H,2,10H2,1H3. The fraction of sp³-hybridized carbons (Fsp3) is 0.167. The van der Waals surface area contributed by atoms with Gasteiger partial charge in [0, 0.05) is 18.2 Å². The van der Waals surface area contributed by atoms with Crippen LogP contribution in [0.3, 0.4) is 0 Å². The van der Waals surface area contributed by atoms with Gasteiger partial charge in [-0.25, -0.2) is 9.78 Å². The Labute approximate surface area is 127 Å². The fourth-order valence-electron chi connectivity index (χ4n) is 3.07. The van der Waals surface area contributed by atoms with Crippen molar-refractivity contribution < 1.29 is 9.53 Å². The molecule has 0 fully saturated rings. The van der Waals surface area contributed by atoms with Gasteiger partial charge in [-0.2, -0.15) is 0 Å². The first kappa shape index (κ1) is 13.0. The molecule has 0 N–H and O–H groups in total. The van der Waals surface area contributed by atoms with Crippen LogP contribution in [-0.4, -0.2) is 22.5 Å². The van der Waals surface area contributed by atoms with Crippen molar-refractivity contribution in [1.29, 1.82) is 0 Å². The van der Waals surface area contributed by atoms with Crippen LogP contribution in [0.2, 0.25) is 0 Å². The number of aromatic nitrogens is 2. The van der Waals surface area contributed by atoms with Crippen LogP contribution in [0.25, 0.3) is 22.2 Å². The van der Waals surface area contributed by atoms with Crippen molar-refractivity contribution in [2.45, 2.75) is 13.3 Å². The summed E-state index contributed by atoms with van der Waals surface area (Å²) in [6.45, 7) is 2.14. The lowest BCUT2D eigenvalue weighted by Gasteiger charge is -2.10. The van der Waals surface area contributed by atoms with Gasteiger partial charge < -0.3 is 4.74 Å². The number of carbonyl (C=O) groups excluding carboxylic acids is 1. The molecule has 0 aliphatic heterocycles. The summed E-state index contributed by atoms with van der Waals surface area (Å²) in [6.07, 6.45) is 2.45. The number of nitrogens with zero attached hydrogens (tertiary/aromatic N) is 2. The molecule has 3 aromatic rings. The Morgan fingerprint density at radius 2 is 2.09 bits per heavy atom. The lowest BCUT2D eigenvalue weighted by Crippen LogP contribution is -2.11. The number of benzene rings is 1. The summed E-state index contributed by atoms with van der Waals surface area (Å²) in [5, 5.41) is 0. The average Bonchev–Trinajstić information content (AvgIpc) is 2.94. The molecule has 1 aliphatic rings. The van der Waals surface area contributed by atoms with E-state index in [0.717, 1.165) is 27.7 Å². The Balaban J connectivity index is 2.06. The first-order valence-corrected chi connectivity index (χ1v) is 7.32. The summed E-state index contributed by atoms with van der Waals surface area (Å²) in [7, 11) is 0. The SMILES string of the molecule is CCOC(=O)c1nc2cccnc2c2c1Cc1ccccc1-2. The molecule has 2 aromatic heterocycles. The minimum Gasteiger partial charge on any atom is -0.461 e. The van der Waals surface area contributed by atoms with Crippen molar-refractivity contribution in [2.75, 3.05) is 6.61 Å². The van der Waals surface area contributed by atoms with Gasteiger partial charge in [-0.1, -0.05) is 24.3 Å². The molecule has 0 spiro atoms. The number of pyridine rings is 2. The van der Waals surface area contributed by atoms with Gasteiger partial charge in [0.25, 0.3) is 0 Å². The molecule has 0 saturated carbocycles. The van der Waals surface area contributed by atoms with E-state index < -0.39 is 0 Å². The summed E-state index contributed by atoms with van der Waals surface area (Å²) in [5.41, 5.74) is 6.25. The molecular formula is C18H14N2O2. The van der Waals surface area contributed by atoms with Crippen LogP contribution in [0.15, 0.2) is 42.6 Å². The number of hydrogen-bond acceptors (Lipinski definition) is 4. The highest BCUT2D eigenvalue weighted by molar-refractivity contribution is 6.03. The summed E-state index contributed by atoms with van der Waals surface area (Å²) in [6, 6.07) is 11.9. The van der Waals surface area contributed by atoms with Crippen LogP contribution >= 0.6 is 0 Å². The third-order valence-corrected chi connectivity index (χ3v) is 3.97. The number of fused-ring (bicyclic) bond motifs is 5. The summed E-state index contributed by atoms with van der Waals surface area (Å²) in [5.74, 6) is -0.364. The predicted octanol–water partition coefficient (Wildman–Crippen LogP) is 3.38. The van der Waals surface area contributed by atoms with E-state index in [4.69, 9.17) is 4.74 Å². The lowest BCUT2D eigenvalue weighted by atomic mass is 10.0. The Bertz CT molecular complexity index is 903.